The van der Waals surface area contributed by atoms with Crippen molar-refractivity contribution in [2.24, 2.45) is 0 Å². The fourth-order valence-corrected chi connectivity index (χ4v) is 243. The third-order valence-corrected chi connectivity index (χ3v) is 139. The standard InChI is InChI=1S/As2P2/c1-2-3(1)4(1)2. The Morgan fingerprint density at radius 3 is 1.25 bits per heavy atom. The van der Waals surface area contributed by atoms with Crippen LogP contribution >= 0.6 is 9.46 Å². The monoisotopic (exact) mass is 212 g/mol. The van der Waals surface area contributed by atoms with Crippen molar-refractivity contribution in [2.45, 2.75) is 0 Å². The summed E-state index contributed by atoms with van der Waals surface area (Å²) in [6.45, 7) is 0. The van der Waals surface area contributed by atoms with E-state index in [0.29, 0.717) is 23.3 Å². The van der Waals surface area contributed by atoms with Crippen molar-refractivity contribution in [3.05, 3.63) is 0 Å². The zero-order valence-corrected chi connectivity index (χ0v) is 7.33. The van der Waals surface area contributed by atoms with E-state index in [9.17, 15) is 0 Å². The molecule has 4 fully saturated rings. The first-order valence-electron chi connectivity index (χ1n) is 1.20. The molecule has 0 spiro atoms. The van der Waals surface area contributed by atoms with Crippen molar-refractivity contribution in [2.75, 3.05) is 0 Å². The quantitative estimate of drug-likeness (QED) is 0.414. The van der Waals surface area contributed by atoms with Gasteiger partial charge in [-0.2, -0.15) is 0 Å². The Hall–Kier alpha value is 1.98. The van der Waals surface area contributed by atoms with Crippen LogP contribution in [0.2, 0.25) is 0 Å². The van der Waals surface area contributed by atoms with Gasteiger partial charge in [0.2, 0.25) is 0 Å². The molecular formula is As2P2. The molecular weight excluding hydrogens is 212 g/mol. The minimum absolute atomic E-state index is 0.588. The summed E-state index contributed by atoms with van der Waals surface area (Å²) in [5.74, 6) is 0. The van der Waals surface area contributed by atoms with Crippen molar-refractivity contribution in [1.82, 2.24) is 0 Å². The van der Waals surface area contributed by atoms with E-state index in [1.165, 1.54) is 9.46 Å². The van der Waals surface area contributed by atoms with Crippen LogP contribution < -0.4 is 0 Å². The van der Waals surface area contributed by atoms with Crippen LogP contribution in [0, 0.1) is 0 Å². The molecule has 0 radical (unpaired) electrons. The van der Waals surface area contributed by atoms with E-state index in [-0.39, 0.29) is 0 Å². The van der Waals surface area contributed by atoms with Crippen molar-refractivity contribution in [1.29, 1.82) is 0 Å². The second kappa shape index (κ2) is 0.403. The predicted octanol–water partition coefficient (Wildman–Crippen LogP) is 0.961. The van der Waals surface area contributed by atoms with Gasteiger partial charge in [-0.3, -0.25) is 0 Å². The summed E-state index contributed by atoms with van der Waals surface area (Å²) in [6, 6.07) is 0. The molecule has 4 rings (SSSR count). The zero-order valence-electron chi connectivity index (χ0n) is 1.79. The van der Waals surface area contributed by atoms with Crippen LogP contribution in [0.5, 0.6) is 0 Å². The normalized spacial score (nSPS) is 108. The Balaban J connectivity index is 3.00. The maximum atomic E-state index is 1.24. The molecule has 20 valence electrons. The van der Waals surface area contributed by atoms with E-state index in [2.05, 4.69) is 0 Å². The first-order valence-corrected chi connectivity index (χ1v) is 19.7. The zero-order chi connectivity index (χ0) is 2.31. The van der Waals surface area contributed by atoms with Gasteiger partial charge in [-0.25, -0.2) is 0 Å². The first kappa shape index (κ1) is 2.33. The fourth-order valence-electron chi connectivity index (χ4n) is 0.335. The van der Waals surface area contributed by atoms with Crippen LogP contribution in [-0.2, 0) is 0 Å². The summed E-state index contributed by atoms with van der Waals surface area (Å²) >= 11 is 1.18. The van der Waals surface area contributed by atoms with Gasteiger partial charge in [-0.05, 0) is 0 Å². The molecule has 0 bridgehead atoms. The van der Waals surface area contributed by atoms with E-state index < -0.39 is 0 Å². The van der Waals surface area contributed by atoms with Gasteiger partial charge in [0.15, 0.2) is 0 Å². The molecule has 0 aromatic carbocycles. The molecule has 4 heavy (non-hydrogen) atoms. The number of rotatable bonds is 0. The average molecular weight is 212 g/mol. The van der Waals surface area contributed by atoms with Gasteiger partial charge in [0.05, 0.1) is 0 Å². The molecule has 0 atom stereocenters. The van der Waals surface area contributed by atoms with Crippen molar-refractivity contribution < 1.29 is 0 Å². The summed E-state index contributed by atoms with van der Waals surface area (Å²) in [6.07, 6.45) is 0. The Labute approximate surface area is 32.8 Å². The fraction of sp³-hybridized carbons (Fsp3) is 0. The van der Waals surface area contributed by atoms with Crippen LogP contribution in [0.25, 0.3) is 0 Å². The minimum atomic E-state index is 0.588. The Morgan fingerprint density at radius 1 is 1.00 bits per heavy atom. The van der Waals surface area contributed by atoms with Gasteiger partial charge in [-0.1, -0.05) is 0 Å². The van der Waals surface area contributed by atoms with Crippen LogP contribution in [0.4, 0.5) is 0 Å². The molecule has 4 saturated heterocycles. The second-order valence-electron chi connectivity index (χ2n) is 1.07. The summed E-state index contributed by atoms with van der Waals surface area (Å²) in [5, 5.41) is 0. The van der Waals surface area contributed by atoms with Gasteiger partial charge in [0.25, 0.3) is 0 Å². The molecule has 0 unspecified atom stereocenters. The van der Waals surface area contributed by atoms with Crippen LogP contribution in [0.3, 0.4) is 0 Å². The Kier molecular flexibility index (Phi) is 0.234. The molecule has 4 aliphatic heterocycles. The average Bonchev–Trinajstić information content (AvgIpc) is 1.71. The van der Waals surface area contributed by atoms with E-state index in [0.717, 1.165) is 0 Å². The third-order valence-electron chi connectivity index (χ3n) is 0.838. The van der Waals surface area contributed by atoms with Crippen LogP contribution in [0.15, 0.2) is 0 Å². The number of hydrogen-bond donors (Lipinski definition) is 0. The predicted molar refractivity (Wildman–Crippen MR) is 25.3 cm³/mol. The molecule has 4 heteroatoms. The SMILES string of the molecule is P12P3[As]1[As]23. The molecule has 0 nitrogen and oxygen atoms in total. The van der Waals surface area contributed by atoms with Gasteiger partial charge >= 0.3 is 32.8 Å². The van der Waals surface area contributed by atoms with Crippen LogP contribution in [-0.4, -0.2) is 23.3 Å². The summed E-state index contributed by atoms with van der Waals surface area (Å²) in [4.78, 5) is 0. The van der Waals surface area contributed by atoms with Gasteiger partial charge in [0, 0.05) is 0 Å². The van der Waals surface area contributed by atoms with Crippen molar-refractivity contribution >= 4 is 32.8 Å². The van der Waals surface area contributed by atoms with Crippen molar-refractivity contribution in [3.63, 3.8) is 0 Å². The molecule has 4 aliphatic rings. The number of hydrogen-bond acceptors (Lipinski definition) is 0. The topological polar surface area (TPSA) is 0 Å². The Bertz CT molecular complexity index is 47.0. The molecule has 0 aromatic rings. The summed E-state index contributed by atoms with van der Waals surface area (Å²) in [5.41, 5.74) is 0. The Morgan fingerprint density at radius 2 is 1.25 bits per heavy atom. The molecule has 0 aromatic heterocycles. The van der Waals surface area contributed by atoms with E-state index in [4.69, 9.17) is 0 Å². The first-order chi connectivity index (χ1) is 2.00. The van der Waals surface area contributed by atoms with Gasteiger partial charge in [0.1, 0.15) is 0 Å². The van der Waals surface area contributed by atoms with Crippen molar-refractivity contribution in [3.8, 4) is 0 Å². The summed E-state index contributed by atoms with van der Waals surface area (Å²) in [7, 11) is 0. The van der Waals surface area contributed by atoms with E-state index in [1.807, 2.05) is 0 Å². The third kappa shape index (κ3) is 0.109. The van der Waals surface area contributed by atoms with E-state index in [1.54, 1.807) is 0 Å². The van der Waals surface area contributed by atoms with Gasteiger partial charge < -0.3 is 0 Å². The maximum absolute atomic E-state index is 1.24. The molecule has 0 N–H and O–H groups in total. The second-order valence-corrected chi connectivity index (χ2v) is 68.6. The van der Waals surface area contributed by atoms with Crippen LogP contribution in [0.1, 0.15) is 0 Å². The van der Waals surface area contributed by atoms with Gasteiger partial charge in [-0.15, -0.1) is 0 Å². The van der Waals surface area contributed by atoms with E-state index >= 15 is 0 Å². The molecule has 0 aliphatic carbocycles. The summed E-state index contributed by atoms with van der Waals surface area (Å²) < 4.78 is 2.47. The molecule has 0 saturated carbocycles. The molecule has 0 amide bonds. The molecule has 4 heterocycles.